The number of halogens is 1. The Morgan fingerprint density at radius 2 is 2.06 bits per heavy atom. The van der Waals surface area contributed by atoms with Crippen LogP contribution in [0.4, 0.5) is 0 Å². The second-order valence-corrected chi connectivity index (χ2v) is 6.26. The molecule has 2 rings (SSSR count). The van der Waals surface area contributed by atoms with Crippen molar-refractivity contribution in [3.63, 3.8) is 0 Å². The number of ether oxygens (including phenoxy) is 1. The van der Waals surface area contributed by atoms with Crippen LogP contribution in [0.5, 0.6) is 0 Å². The molecule has 0 aromatic carbocycles. The normalized spacial score (nSPS) is 27.1. The molecule has 1 atom stereocenters. The van der Waals surface area contributed by atoms with Crippen LogP contribution in [-0.2, 0) is 9.53 Å². The molecular weight excluding hydrogens is 294 g/mol. The van der Waals surface area contributed by atoms with Crippen LogP contribution in [0, 0.1) is 0 Å². The summed E-state index contributed by atoms with van der Waals surface area (Å²) in [7, 11) is 0. The molecule has 0 aromatic heterocycles. The summed E-state index contributed by atoms with van der Waals surface area (Å²) in [5, 5.41) is 4.15. The second kappa shape index (κ2) is 6.90. The Morgan fingerprint density at radius 3 is 2.67 bits per heavy atom. The molecule has 0 bridgehead atoms. The molecule has 0 spiro atoms. The number of amides is 1. The maximum atomic E-state index is 12.0. The Kier molecular flexibility index (Phi) is 5.49. The SMILES string of the molecule is O=C(CCC1CCCO1)NC1(CBr)CCCCC1. The molecule has 1 saturated heterocycles. The number of rotatable bonds is 5. The second-order valence-electron chi connectivity index (χ2n) is 5.70. The molecule has 1 aliphatic carbocycles. The smallest absolute Gasteiger partial charge is 0.220 e. The van der Waals surface area contributed by atoms with Gasteiger partial charge in [0.15, 0.2) is 0 Å². The minimum absolute atomic E-state index is 0.0197. The number of carbonyl (C=O) groups excluding carboxylic acids is 1. The van der Waals surface area contributed by atoms with Crippen LogP contribution >= 0.6 is 15.9 Å². The standard InChI is InChI=1S/C14H24BrNO2/c15-11-14(8-2-1-3-9-14)16-13(17)7-6-12-5-4-10-18-12/h12H,1-11H2,(H,16,17). The largest absolute Gasteiger partial charge is 0.378 e. The Labute approximate surface area is 118 Å². The maximum absolute atomic E-state index is 12.0. The third kappa shape index (κ3) is 3.95. The van der Waals surface area contributed by atoms with E-state index in [0.29, 0.717) is 12.5 Å². The van der Waals surface area contributed by atoms with E-state index in [9.17, 15) is 4.79 Å². The fourth-order valence-electron chi connectivity index (χ4n) is 3.04. The topological polar surface area (TPSA) is 38.3 Å². The van der Waals surface area contributed by atoms with Gasteiger partial charge in [-0.05, 0) is 32.1 Å². The van der Waals surface area contributed by atoms with Gasteiger partial charge in [0.1, 0.15) is 0 Å². The van der Waals surface area contributed by atoms with Crippen LogP contribution in [0.2, 0.25) is 0 Å². The molecule has 18 heavy (non-hydrogen) atoms. The summed E-state index contributed by atoms with van der Waals surface area (Å²) in [6.45, 7) is 0.873. The highest BCUT2D eigenvalue weighted by atomic mass is 79.9. The molecule has 2 fully saturated rings. The number of nitrogens with one attached hydrogen (secondary N) is 1. The number of alkyl halides is 1. The van der Waals surface area contributed by atoms with Gasteiger partial charge in [0.25, 0.3) is 0 Å². The zero-order valence-corrected chi connectivity index (χ0v) is 12.6. The zero-order chi connectivity index (χ0) is 12.8. The first-order valence-electron chi connectivity index (χ1n) is 7.23. The molecule has 0 aromatic rings. The van der Waals surface area contributed by atoms with Crippen LogP contribution in [0.1, 0.15) is 57.8 Å². The fraction of sp³-hybridized carbons (Fsp3) is 0.929. The molecule has 1 unspecified atom stereocenters. The highest BCUT2D eigenvalue weighted by molar-refractivity contribution is 9.09. The van der Waals surface area contributed by atoms with E-state index in [1.54, 1.807) is 0 Å². The summed E-state index contributed by atoms with van der Waals surface area (Å²) in [5.74, 6) is 0.201. The monoisotopic (exact) mass is 317 g/mol. The summed E-state index contributed by atoms with van der Waals surface area (Å²) in [4.78, 5) is 12.0. The van der Waals surface area contributed by atoms with Crippen LogP contribution in [-0.4, -0.2) is 29.5 Å². The van der Waals surface area contributed by atoms with Gasteiger partial charge in [-0.3, -0.25) is 4.79 Å². The van der Waals surface area contributed by atoms with Gasteiger partial charge >= 0.3 is 0 Å². The summed E-state index contributed by atoms with van der Waals surface area (Å²) in [6, 6.07) is 0. The average molecular weight is 318 g/mol. The van der Waals surface area contributed by atoms with Crippen molar-refractivity contribution < 1.29 is 9.53 Å². The van der Waals surface area contributed by atoms with Crippen LogP contribution in [0.3, 0.4) is 0 Å². The van der Waals surface area contributed by atoms with E-state index in [1.165, 1.54) is 19.3 Å². The van der Waals surface area contributed by atoms with E-state index in [-0.39, 0.29) is 11.4 Å². The van der Waals surface area contributed by atoms with Gasteiger partial charge in [0, 0.05) is 23.9 Å². The minimum atomic E-state index is 0.0197. The van der Waals surface area contributed by atoms with Gasteiger partial charge in [-0.15, -0.1) is 0 Å². The molecule has 104 valence electrons. The van der Waals surface area contributed by atoms with Crippen LogP contribution in [0.25, 0.3) is 0 Å². The molecule has 1 aliphatic heterocycles. The van der Waals surface area contributed by atoms with Gasteiger partial charge in [-0.1, -0.05) is 35.2 Å². The number of carbonyl (C=O) groups is 1. The first-order chi connectivity index (χ1) is 8.74. The van der Waals surface area contributed by atoms with Crippen molar-refractivity contribution in [3.8, 4) is 0 Å². The highest BCUT2D eigenvalue weighted by Crippen LogP contribution is 2.30. The van der Waals surface area contributed by atoms with E-state index in [2.05, 4.69) is 21.2 Å². The number of hydrogen-bond acceptors (Lipinski definition) is 2. The lowest BCUT2D eigenvalue weighted by molar-refractivity contribution is -0.123. The van der Waals surface area contributed by atoms with Crippen LogP contribution < -0.4 is 5.32 Å². The van der Waals surface area contributed by atoms with E-state index in [4.69, 9.17) is 4.74 Å². The first kappa shape index (κ1) is 14.3. The fourth-order valence-corrected chi connectivity index (χ4v) is 3.74. The maximum Gasteiger partial charge on any atom is 0.220 e. The van der Waals surface area contributed by atoms with Crippen molar-refractivity contribution in [1.82, 2.24) is 5.32 Å². The van der Waals surface area contributed by atoms with E-state index in [0.717, 1.165) is 44.0 Å². The zero-order valence-electron chi connectivity index (χ0n) is 11.0. The van der Waals surface area contributed by atoms with Gasteiger partial charge in [0.05, 0.1) is 6.10 Å². The molecule has 2 aliphatic rings. The lowest BCUT2D eigenvalue weighted by atomic mass is 9.83. The molecule has 3 nitrogen and oxygen atoms in total. The Bertz CT molecular complexity index is 271. The summed E-state index contributed by atoms with van der Waals surface area (Å²) in [6.07, 6.45) is 10.1. The Hall–Kier alpha value is -0.0900. The molecule has 1 N–H and O–H groups in total. The predicted molar refractivity (Wildman–Crippen MR) is 76.0 cm³/mol. The van der Waals surface area contributed by atoms with Crippen molar-refractivity contribution >= 4 is 21.8 Å². The van der Waals surface area contributed by atoms with Gasteiger partial charge in [-0.25, -0.2) is 0 Å². The minimum Gasteiger partial charge on any atom is -0.378 e. The third-order valence-corrected chi connectivity index (χ3v) is 5.26. The van der Waals surface area contributed by atoms with Crippen molar-refractivity contribution in [2.75, 3.05) is 11.9 Å². The highest BCUT2D eigenvalue weighted by Gasteiger charge is 2.32. The van der Waals surface area contributed by atoms with E-state index in [1.807, 2.05) is 0 Å². The van der Waals surface area contributed by atoms with Crippen molar-refractivity contribution in [2.45, 2.75) is 69.4 Å². The molecule has 1 heterocycles. The van der Waals surface area contributed by atoms with Crippen molar-refractivity contribution in [2.24, 2.45) is 0 Å². The lowest BCUT2D eigenvalue weighted by Gasteiger charge is -2.36. The molecular formula is C14H24BrNO2. The van der Waals surface area contributed by atoms with Crippen molar-refractivity contribution in [3.05, 3.63) is 0 Å². The molecule has 0 radical (unpaired) electrons. The Balaban J connectivity index is 1.74. The van der Waals surface area contributed by atoms with E-state index < -0.39 is 0 Å². The van der Waals surface area contributed by atoms with Gasteiger partial charge < -0.3 is 10.1 Å². The van der Waals surface area contributed by atoms with E-state index >= 15 is 0 Å². The third-order valence-electron chi connectivity index (χ3n) is 4.19. The molecule has 1 amide bonds. The van der Waals surface area contributed by atoms with Crippen molar-refractivity contribution in [1.29, 1.82) is 0 Å². The molecule has 4 heteroatoms. The summed E-state index contributed by atoms with van der Waals surface area (Å²) < 4.78 is 5.56. The van der Waals surface area contributed by atoms with Crippen LogP contribution in [0.15, 0.2) is 0 Å². The number of hydrogen-bond donors (Lipinski definition) is 1. The molecule has 1 saturated carbocycles. The summed E-state index contributed by atoms with van der Waals surface area (Å²) in [5.41, 5.74) is 0.0197. The summed E-state index contributed by atoms with van der Waals surface area (Å²) >= 11 is 3.57. The Morgan fingerprint density at radius 1 is 1.28 bits per heavy atom. The van der Waals surface area contributed by atoms with Gasteiger partial charge in [0.2, 0.25) is 5.91 Å². The predicted octanol–water partition coefficient (Wildman–Crippen LogP) is 3.16. The first-order valence-corrected chi connectivity index (χ1v) is 8.35. The quantitative estimate of drug-likeness (QED) is 0.791. The lowest BCUT2D eigenvalue weighted by Crippen LogP contribution is -2.51. The average Bonchev–Trinajstić information content (AvgIpc) is 2.91. The van der Waals surface area contributed by atoms with Gasteiger partial charge in [-0.2, -0.15) is 0 Å².